The second kappa shape index (κ2) is 4.51. The van der Waals surface area contributed by atoms with Crippen LogP contribution in [0.15, 0.2) is 36.7 Å². The molecule has 5 heteroatoms. The zero-order valence-electron chi connectivity index (χ0n) is 8.65. The van der Waals surface area contributed by atoms with Gasteiger partial charge in [0.15, 0.2) is 0 Å². The van der Waals surface area contributed by atoms with Gasteiger partial charge in [-0.15, -0.1) is 0 Å². The highest BCUT2D eigenvalue weighted by Gasteiger charge is 2.06. The average Bonchev–Trinajstić information content (AvgIpc) is 2.33. The number of carbonyl (C=O) groups is 1. The predicted molar refractivity (Wildman–Crippen MR) is 63.2 cm³/mol. The lowest BCUT2D eigenvalue weighted by Gasteiger charge is -2.03. The monoisotopic (exact) mass is 250 g/mol. The average molecular weight is 251 g/mol. The Morgan fingerprint density at radius 1 is 1.24 bits per heavy atom. The van der Waals surface area contributed by atoms with Gasteiger partial charge < -0.3 is 5.73 Å². The van der Waals surface area contributed by atoms with E-state index in [0.717, 1.165) is 0 Å². The molecule has 1 aromatic heterocycles. The van der Waals surface area contributed by atoms with E-state index < -0.39 is 11.7 Å². The summed E-state index contributed by atoms with van der Waals surface area (Å²) in [6.07, 6.45) is 2.88. The maximum absolute atomic E-state index is 13.3. The van der Waals surface area contributed by atoms with Gasteiger partial charge in [0, 0.05) is 18.0 Å². The number of primary amides is 1. The van der Waals surface area contributed by atoms with Gasteiger partial charge in [-0.3, -0.25) is 9.78 Å². The third kappa shape index (κ3) is 2.42. The quantitative estimate of drug-likeness (QED) is 0.891. The van der Waals surface area contributed by atoms with Crippen LogP contribution in [0.2, 0.25) is 5.02 Å². The number of hydrogen-bond acceptors (Lipinski definition) is 2. The van der Waals surface area contributed by atoms with Gasteiger partial charge in [-0.25, -0.2) is 4.39 Å². The summed E-state index contributed by atoms with van der Waals surface area (Å²) in [4.78, 5) is 14.9. The molecule has 1 aromatic carbocycles. The van der Waals surface area contributed by atoms with Crippen molar-refractivity contribution in [2.24, 2.45) is 5.73 Å². The fourth-order valence-electron chi connectivity index (χ4n) is 1.41. The molecule has 2 aromatic rings. The molecule has 0 saturated heterocycles. The van der Waals surface area contributed by atoms with Crippen LogP contribution >= 0.6 is 11.6 Å². The van der Waals surface area contributed by atoms with Crippen molar-refractivity contribution in [2.45, 2.75) is 0 Å². The van der Waals surface area contributed by atoms with Gasteiger partial charge in [0.1, 0.15) is 5.82 Å². The molecule has 0 atom stereocenters. The summed E-state index contributed by atoms with van der Waals surface area (Å²) in [5.74, 6) is -1.09. The van der Waals surface area contributed by atoms with Gasteiger partial charge in [-0.2, -0.15) is 0 Å². The Labute approximate surface area is 102 Å². The fraction of sp³-hybridized carbons (Fsp3) is 0. The van der Waals surface area contributed by atoms with Crippen LogP contribution < -0.4 is 5.73 Å². The summed E-state index contributed by atoms with van der Waals surface area (Å²) in [6, 6.07) is 5.93. The lowest BCUT2D eigenvalue weighted by molar-refractivity contribution is 0.1000. The van der Waals surface area contributed by atoms with Crippen molar-refractivity contribution in [3.05, 3.63) is 53.1 Å². The number of pyridine rings is 1. The molecule has 3 nitrogen and oxygen atoms in total. The maximum Gasteiger partial charge on any atom is 0.250 e. The molecular formula is C12H8ClFN2O. The molecule has 1 amide bonds. The lowest BCUT2D eigenvalue weighted by Crippen LogP contribution is -2.11. The molecule has 0 fully saturated rings. The molecule has 0 radical (unpaired) electrons. The van der Waals surface area contributed by atoms with Gasteiger partial charge in [0.2, 0.25) is 5.91 Å². The molecule has 1 heterocycles. The first-order valence-corrected chi connectivity index (χ1v) is 5.16. The number of benzene rings is 1. The molecule has 0 aliphatic heterocycles. The molecule has 86 valence electrons. The number of carbonyl (C=O) groups excluding carboxylic acids is 1. The van der Waals surface area contributed by atoms with Crippen LogP contribution in [0.3, 0.4) is 0 Å². The van der Waals surface area contributed by atoms with Crippen molar-refractivity contribution in [1.82, 2.24) is 4.98 Å². The Morgan fingerprint density at radius 3 is 2.65 bits per heavy atom. The highest BCUT2D eigenvalue weighted by molar-refractivity contribution is 6.30. The Kier molecular flexibility index (Phi) is 3.06. The van der Waals surface area contributed by atoms with Crippen LogP contribution in [0, 0.1) is 5.82 Å². The summed E-state index contributed by atoms with van der Waals surface area (Å²) in [5, 5.41) is 0.0489. The zero-order valence-corrected chi connectivity index (χ0v) is 9.41. The molecule has 0 unspecified atom stereocenters. The second-order valence-corrected chi connectivity index (χ2v) is 3.86. The zero-order chi connectivity index (χ0) is 12.4. The number of halogens is 2. The molecule has 0 saturated carbocycles. The summed E-state index contributed by atoms with van der Waals surface area (Å²) in [5.41, 5.74) is 6.61. The van der Waals surface area contributed by atoms with Crippen molar-refractivity contribution < 1.29 is 9.18 Å². The molecule has 0 aliphatic carbocycles. The first-order chi connectivity index (χ1) is 8.08. The lowest BCUT2D eigenvalue weighted by atomic mass is 10.1. The van der Waals surface area contributed by atoms with E-state index in [4.69, 9.17) is 17.3 Å². The van der Waals surface area contributed by atoms with E-state index in [-0.39, 0.29) is 10.6 Å². The van der Waals surface area contributed by atoms with Crippen LogP contribution in [-0.2, 0) is 0 Å². The number of nitrogens with zero attached hydrogens (tertiary/aromatic N) is 1. The SMILES string of the molecule is NC(=O)c1cncc(-c2ccc(Cl)c(F)c2)c1. The van der Waals surface area contributed by atoms with Gasteiger partial charge in [-0.1, -0.05) is 17.7 Å². The smallest absolute Gasteiger partial charge is 0.250 e. The predicted octanol–water partition coefficient (Wildman–Crippen LogP) is 2.64. The minimum absolute atomic E-state index is 0.0489. The van der Waals surface area contributed by atoms with Crippen molar-refractivity contribution >= 4 is 17.5 Å². The molecule has 17 heavy (non-hydrogen) atoms. The number of hydrogen-bond donors (Lipinski definition) is 1. The summed E-state index contributed by atoms with van der Waals surface area (Å²) >= 11 is 5.59. The summed E-state index contributed by atoms with van der Waals surface area (Å²) in [6.45, 7) is 0. The number of rotatable bonds is 2. The molecule has 0 aliphatic rings. The van der Waals surface area contributed by atoms with E-state index in [1.54, 1.807) is 12.1 Å². The van der Waals surface area contributed by atoms with Crippen molar-refractivity contribution in [3.63, 3.8) is 0 Å². The van der Waals surface area contributed by atoms with Crippen LogP contribution in [-0.4, -0.2) is 10.9 Å². The van der Waals surface area contributed by atoms with Gasteiger partial charge in [0.05, 0.1) is 10.6 Å². The van der Waals surface area contributed by atoms with Gasteiger partial charge in [0.25, 0.3) is 0 Å². The molecule has 2 N–H and O–H groups in total. The third-order valence-electron chi connectivity index (χ3n) is 2.28. The Balaban J connectivity index is 2.49. The Hall–Kier alpha value is -1.94. The van der Waals surface area contributed by atoms with Gasteiger partial charge in [-0.05, 0) is 23.8 Å². The fourth-order valence-corrected chi connectivity index (χ4v) is 1.53. The van der Waals surface area contributed by atoms with E-state index in [2.05, 4.69) is 4.98 Å². The van der Waals surface area contributed by atoms with Crippen LogP contribution in [0.1, 0.15) is 10.4 Å². The first-order valence-electron chi connectivity index (χ1n) is 4.78. The number of aromatic nitrogens is 1. The largest absolute Gasteiger partial charge is 0.366 e. The topological polar surface area (TPSA) is 56.0 Å². The molecule has 0 spiro atoms. The van der Waals surface area contributed by atoms with Crippen molar-refractivity contribution in [1.29, 1.82) is 0 Å². The first kappa shape index (κ1) is 11.5. The van der Waals surface area contributed by atoms with Crippen LogP contribution in [0.4, 0.5) is 4.39 Å². The third-order valence-corrected chi connectivity index (χ3v) is 2.58. The Bertz CT molecular complexity index is 586. The summed E-state index contributed by atoms with van der Waals surface area (Å²) < 4.78 is 13.3. The number of amides is 1. The standard InChI is InChI=1S/C12H8ClFN2O/c13-10-2-1-7(4-11(10)14)8-3-9(12(15)17)6-16-5-8/h1-6H,(H2,15,17). The van der Waals surface area contributed by atoms with Crippen LogP contribution in [0.5, 0.6) is 0 Å². The van der Waals surface area contributed by atoms with E-state index in [1.165, 1.54) is 24.5 Å². The second-order valence-electron chi connectivity index (χ2n) is 3.46. The van der Waals surface area contributed by atoms with Crippen molar-refractivity contribution in [3.8, 4) is 11.1 Å². The molecule has 2 rings (SSSR count). The molecule has 0 bridgehead atoms. The van der Waals surface area contributed by atoms with Crippen molar-refractivity contribution in [2.75, 3.05) is 0 Å². The summed E-state index contributed by atoms with van der Waals surface area (Å²) in [7, 11) is 0. The highest BCUT2D eigenvalue weighted by Crippen LogP contribution is 2.24. The van der Waals surface area contributed by atoms with Crippen LogP contribution in [0.25, 0.3) is 11.1 Å². The highest BCUT2D eigenvalue weighted by atomic mass is 35.5. The van der Waals surface area contributed by atoms with E-state index in [0.29, 0.717) is 11.1 Å². The Morgan fingerprint density at radius 2 is 2.00 bits per heavy atom. The molecular weight excluding hydrogens is 243 g/mol. The van der Waals surface area contributed by atoms with E-state index in [1.807, 2.05) is 0 Å². The van der Waals surface area contributed by atoms with Gasteiger partial charge >= 0.3 is 0 Å². The minimum Gasteiger partial charge on any atom is -0.366 e. The maximum atomic E-state index is 13.3. The number of nitrogens with two attached hydrogens (primary N) is 1. The normalized spacial score (nSPS) is 10.2. The van der Waals surface area contributed by atoms with E-state index >= 15 is 0 Å². The minimum atomic E-state index is -0.575. The van der Waals surface area contributed by atoms with E-state index in [9.17, 15) is 9.18 Å².